The number of imidazole rings is 1. The molecule has 0 aliphatic heterocycles. The Bertz CT molecular complexity index is 1130. The van der Waals surface area contributed by atoms with E-state index in [2.05, 4.69) is 44.5 Å². The highest BCUT2D eigenvalue weighted by Gasteiger charge is 2.19. The molecule has 0 saturated heterocycles. The van der Waals surface area contributed by atoms with Gasteiger partial charge in [0.1, 0.15) is 0 Å². The predicted molar refractivity (Wildman–Crippen MR) is 140 cm³/mol. The van der Waals surface area contributed by atoms with Crippen molar-refractivity contribution in [3.8, 4) is 0 Å². The minimum Gasteiger partial charge on any atom is -0.339 e. The van der Waals surface area contributed by atoms with Crippen LogP contribution in [0.25, 0.3) is 11.0 Å². The molecule has 1 aromatic heterocycles. The summed E-state index contributed by atoms with van der Waals surface area (Å²) in [6.07, 6.45) is 1.98. The van der Waals surface area contributed by atoms with Crippen LogP contribution in [-0.2, 0) is 6.54 Å². The first-order chi connectivity index (χ1) is 16.2. The third-order valence-corrected chi connectivity index (χ3v) is 6.08. The highest BCUT2D eigenvalue weighted by atomic mass is 16.2. The van der Waals surface area contributed by atoms with Crippen LogP contribution in [0.1, 0.15) is 75.1 Å². The Labute approximate surface area is 203 Å². The van der Waals surface area contributed by atoms with E-state index in [0.29, 0.717) is 35.5 Å². The predicted octanol–water partition coefficient (Wildman–Crippen LogP) is 6.54. The van der Waals surface area contributed by atoms with E-state index in [1.807, 2.05) is 41.3 Å². The van der Waals surface area contributed by atoms with Crippen LogP contribution < -0.4 is 5.32 Å². The van der Waals surface area contributed by atoms with Crippen molar-refractivity contribution < 1.29 is 9.59 Å². The van der Waals surface area contributed by atoms with E-state index in [9.17, 15) is 9.59 Å². The highest BCUT2D eigenvalue weighted by Crippen LogP contribution is 2.25. The minimum atomic E-state index is 0.0234. The van der Waals surface area contributed by atoms with Gasteiger partial charge in [-0.3, -0.25) is 9.59 Å². The monoisotopic (exact) mass is 462 g/mol. The second-order valence-electron chi connectivity index (χ2n) is 9.80. The number of nitrogens with zero attached hydrogens (tertiary/aromatic N) is 3. The smallest absolute Gasteiger partial charge is 0.253 e. The molecule has 182 valence electrons. The number of aromatic nitrogens is 2. The maximum atomic E-state index is 13.5. The van der Waals surface area contributed by atoms with Gasteiger partial charge >= 0.3 is 0 Å². The number of fused-ring (bicyclic) bond motifs is 1. The average molecular weight is 463 g/mol. The largest absolute Gasteiger partial charge is 0.339 e. The van der Waals surface area contributed by atoms with Crippen LogP contribution in [0.15, 0.2) is 42.5 Å². The highest BCUT2D eigenvalue weighted by molar-refractivity contribution is 5.98. The van der Waals surface area contributed by atoms with Gasteiger partial charge in [-0.05, 0) is 68.9 Å². The van der Waals surface area contributed by atoms with E-state index in [4.69, 9.17) is 4.98 Å². The number of rotatable bonds is 11. The Kier molecular flexibility index (Phi) is 8.48. The summed E-state index contributed by atoms with van der Waals surface area (Å²) in [5.74, 6) is 1.90. The van der Waals surface area contributed by atoms with Gasteiger partial charge < -0.3 is 14.8 Å². The van der Waals surface area contributed by atoms with Crippen LogP contribution in [0.2, 0.25) is 0 Å². The molecule has 3 aromatic rings. The molecule has 34 heavy (non-hydrogen) atoms. The van der Waals surface area contributed by atoms with Crippen molar-refractivity contribution in [1.82, 2.24) is 14.5 Å². The summed E-state index contributed by atoms with van der Waals surface area (Å²) in [4.78, 5) is 32.0. The quantitative estimate of drug-likeness (QED) is 0.329. The van der Waals surface area contributed by atoms with Crippen molar-refractivity contribution in [3.63, 3.8) is 0 Å². The summed E-state index contributed by atoms with van der Waals surface area (Å²) >= 11 is 0. The van der Waals surface area contributed by atoms with Crippen molar-refractivity contribution >= 4 is 34.4 Å². The minimum absolute atomic E-state index is 0.0234. The number of Topliss-reactive ketones (excluding diaryl/α,β-unsaturated/α-hetero) is 1. The average Bonchev–Trinajstić information content (AvgIpc) is 3.14. The lowest BCUT2D eigenvalue weighted by atomic mass is 10.1. The molecule has 6 nitrogen and oxygen atoms in total. The van der Waals surface area contributed by atoms with Crippen LogP contribution in [0.3, 0.4) is 0 Å². The number of hydrogen-bond donors (Lipinski definition) is 1. The molecule has 0 atom stereocenters. The zero-order chi connectivity index (χ0) is 24.8. The maximum Gasteiger partial charge on any atom is 0.253 e. The van der Waals surface area contributed by atoms with E-state index >= 15 is 0 Å². The maximum absolute atomic E-state index is 13.5. The summed E-state index contributed by atoms with van der Waals surface area (Å²) < 4.78 is 2.07. The Morgan fingerprint density at radius 2 is 1.65 bits per heavy atom. The second kappa shape index (κ2) is 11.3. The van der Waals surface area contributed by atoms with Gasteiger partial charge in [-0.1, -0.05) is 39.8 Å². The van der Waals surface area contributed by atoms with Crippen LogP contribution in [0.5, 0.6) is 0 Å². The number of aryl methyl sites for hydroxylation is 1. The van der Waals surface area contributed by atoms with Crippen LogP contribution in [0.4, 0.5) is 11.6 Å². The van der Waals surface area contributed by atoms with Gasteiger partial charge in [0.15, 0.2) is 5.78 Å². The molecule has 0 unspecified atom stereocenters. The zero-order valence-corrected chi connectivity index (χ0v) is 21.4. The number of hydrogen-bond acceptors (Lipinski definition) is 4. The molecule has 1 amide bonds. The van der Waals surface area contributed by atoms with Gasteiger partial charge in [-0.15, -0.1) is 0 Å². The molecule has 1 N–H and O–H groups in total. The van der Waals surface area contributed by atoms with Crippen molar-refractivity contribution in [2.75, 3.05) is 18.4 Å². The van der Waals surface area contributed by atoms with Gasteiger partial charge in [0.2, 0.25) is 5.95 Å². The standard InChI is InChI=1S/C28H38N4O2/c1-7-32-26-18-23(27(34)31(15-13-19(2)3)16-14-20(4)5)11-12-25(26)30-28(32)29-24-10-8-9-22(17-24)21(6)33/h8-12,17-20H,7,13-16H2,1-6H3,(H,29,30). The first-order valence-corrected chi connectivity index (χ1v) is 12.4. The molecule has 0 aliphatic carbocycles. The summed E-state index contributed by atoms with van der Waals surface area (Å²) in [5, 5.41) is 3.35. The summed E-state index contributed by atoms with van der Waals surface area (Å²) in [6.45, 7) is 14.6. The second-order valence-corrected chi connectivity index (χ2v) is 9.80. The number of carbonyl (C=O) groups excluding carboxylic acids is 2. The third-order valence-electron chi connectivity index (χ3n) is 6.08. The van der Waals surface area contributed by atoms with Gasteiger partial charge in [0.25, 0.3) is 5.91 Å². The van der Waals surface area contributed by atoms with Crippen molar-refractivity contribution in [2.24, 2.45) is 11.8 Å². The molecule has 2 aromatic carbocycles. The lowest BCUT2D eigenvalue weighted by Crippen LogP contribution is -2.34. The van der Waals surface area contributed by atoms with E-state index in [0.717, 1.165) is 42.7 Å². The number of nitrogens with one attached hydrogen (secondary N) is 1. The van der Waals surface area contributed by atoms with Crippen LogP contribution in [0, 0.1) is 11.8 Å². The fourth-order valence-electron chi connectivity index (χ4n) is 3.94. The molecular formula is C28H38N4O2. The summed E-state index contributed by atoms with van der Waals surface area (Å²) in [6, 6.07) is 13.2. The summed E-state index contributed by atoms with van der Waals surface area (Å²) in [7, 11) is 0. The van der Waals surface area contributed by atoms with Gasteiger partial charge in [0.05, 0.1) is 11.0 Å². The van der Waals surface area contributed by atoms with Crippen molar-refractivity contribution in [3.05, 3.63) is 53.6 Å². The van der Waals surface area contributed by atoms with Crippen molar-refractivity contribution in [2.45, 2.75) is 60.9 Å². The molecule has 0 saturated carbocycles. The Morgan fingerprint density at radius 1 is 0.971 bits per heavy atom. The lowest BCUT2D eigenvalue weighted by Gasteiger charge is -2.24. The number of carbonyl (C=O) groups is 2. The molecule has 1 heterocycles. The topological polar surface area (TPSA) is 67.2 Å². The van der Waals surface area contributed by atoms with Crippen LogP contribution in [-0.4, -0.2) is 39.2 Å². The summed E-state index contributed by atoms with van der Waals surface area (Å²) in [5.41, 5.74) is 3.91. The SMILES string of the molecule is CCn1c(Nc2cccc(C(C)=O)c2)nc2ccc(C(=O)N(CCC(C)C)CCC(C)C)cc21. The molecular weight excluding hydrogens is 424 g/mol. The van der Waals surface area contributed by atoms with E-state index in [1.54, 1.807) is 13.0 Å². The fraction of sp³-hybridized carbons (Fsp3) is 0.464. The number of amides is 1. The Morgan fingerprint density at radius 3 is 2.24 bits per heavy atom. The fourth-order valence-corrected chi connectivity index (χ4v) is 3.94. The zero-order valence-electron chi connectivity index (χ0n) is 21.4. The number of anilines is 2. The number of benzene rings is 2. The molecule has 0 aliphatic rings. The molecule has 0 spiro atoms. The van der Waals surface area contributed by atoms with Crippen molar-refractivity contribution in [1.29, 1.82) is 0 Å². The van der Waals surface area contributed by atoms with E-state index in [1.165, 1.54) is 0 Å². The molecule has 0 fully saturated rings. The van der Waals surface area contributed by atoms with Gasteiger partial charge in [-0.25, -0.2) is 4.98 Å². The first kappa shape index (κ1) is 25.5. The van der Waals surface area contributed by atoms with Gasteiger partial charge in [-0.2, -0.15) is 0 Å². The normalized spacial score (nSPS) is 11.4. The third kappa shape index (κ3) is 6.25. The van der Waals surface area contributed by atoms with E-state index < -0.39 is 0 Å². The number of ketones is 1. The molecule has 3 rings (SSSR count). The lowest BCUT2D eigenvalue weighted by molar-refractivity contribution is 0.0740. The molecule has 6 heteroatoms. The molecule has 0 bridgehead atoms. The molecule has 0 radical (unpaired) electrons. The Hall–Kier alpha value is -3.15. The Balaban J connectivity index is 1.91. The van der Waals surface area contributed by atoms with Gasteiger partial charge in [0, 0.05) is 36.4 Å². The van der Waals surface area contributed by atoms with E-state index in [-0.39, 0.29) is 11.7 Å². The first-order valence-electron chi connectivity index (χ1n) is 12.4. The van der Waals surface area contributed by atoms with Crippen LogP contribution >= 0.6 is 0 Å².